The van der Waals surface area contributed by atoms with Crippen LogP contribution in [0.3, 0.4) is 0 Å². The maximum Gasteiger partial charge on any atom is 0.0109 e. The molecule has 1 fully saturated rings. The van der Waals surface area contributed by atoms with Gasteiger partial charge in [0, 0.05) is 32.2 Å². The fourth-order valence-corrected chi connectivity index (χ4v) is 3.53. The van der Waals surface area contributed by atoms with Crippen molar-refractivity contribution in [3.05, 3.63) is 0 Å². The average Bonchev–Trinajstić information content (AvgIpc) is 2.35. The zero-order valence-electron chi connectivity index (χ0n) is 14.7. The Hall–Kier alpha value is -0.120. The summed E-state index contributed by atoms with van der Waals surface area (Å²) in [5.74, 6) is 2.48. The van der Waals surface area contributed by atoms with E-state index in [1.54, 1.807) is 0 Å². The molecule has 1 saturated carbocycles. The van der Waals surface area contributed by atoms with Crippen LogP contribution in [0.1, 0.15) is 40.0 Å². The molecule has 0 amide bonds. The lowest BCUT2D eigenvalue weighted by molar-refractivity contribution is 0.132. The molecule has 1 rings (SSSR count). The third-order valence-corrected chi connectivity index (χ3v) is 4.59. The van der Waals surface area contributed by atoms with Gasteiger partial charge in [0.15, 0.2) is 0 Å². The van der Waals surface area contributed by atoms with Crippen molar-refractivity contribution in [1.82, 2.24) is 15.1 Å². The van der Waals surface area contributed by atoms with Crippen molar-refractivity contribution in [1.29, 1.82) is 0 Å². The lowest BCUT2D eigenvalue weighted by Crippen LogP contribution is -2.46. The zero-order chi connectivity index (χ0) is 15.1. The van der Waals surface area contributed by atoms with Gasteiger partial charge in [-0.2, -0.15) is 0 Å². The highest BCUT2D eigenvalue weighted by atomic mass is 15.2. The Morgan fingerprint density at radius 2 is 1.85 bits per heavy atom. The summed E-state index contributed by atoms with van der Waals surface area (Å²) >= 11 is 0. The minimum absolute atomic E-state index is 0.722. The number of nitrogens with zero attached hydrogens (tertiary/aromatic N) is 2. The molecular formula is C17H37N3. The molecule has 120 valence electrons. The monoisotopic (exact) mass is 283 g/mol. The first-order valence-corrected chi connectivity index (χ1v) is 8.46. The Morgan fingerprint density at radius 3 is 2.40 bits per heavy atom. The fraction of sp³-hybridized carbons (Fsp3) is 1.00. The van der Waals surface area contributed by atoms with Crippen LogP contribution < -0.4 is 5.32 Å². The second-order valence-corrected chi connectivity index (χ2v) is 7.53. The van der Waals surface area contributed by atoms with Gasteiger partial charge in [-0.1, -0.05) is 20.8 Å². The van der Waals surface area contributed by atoms with E-state index in [2.05, 4.69) is 57.0 Å². The molecule has 0 heterocycles. The summed E-state index contributed by atoms with van der Waals surface area (Å²) in [6, 6.07) is 0.722. The summed E-state index contributed by atoms with van der Waals surface area (Å²) in [4.78, 5) is 4.99. The van der Waals surface area contributed by atoms with Gasteiger partial charge < -0.3 is 15.1 Å². The van der Waals surface area contributed by atoms with Crippen molar-refractivity contribution in [3.63, 3.8) is 0 Å². The molecule has 0 aromatic carbocycles. The minimum atomic E-state index is 0.722. The molecule has 3 nitrogen and oxygen atoms in total. The Kier molecular flexibility index (Phi) is 8.08. The van der Waals surface area contributed by atoms with Crippen LogP contribution in [-0.2, 0) is 0 Å². The molecule has 3 atom stereocenters. The molecule has 1 aliphatic rings. The van der Waals surface area contributed by atoms with Crippen LogP contribution >= 0.6 is 0 Å². The van der Waals surface area contributed by atoms with Crippen molar-refractivity contribution in [2.45, 2.75) is 46.1 Å². The second-order valence-electron chi connectivity index (χ2n) is 7.53. The van der Waals surface area contributed by atoms with Crippen LogP contribution in [0.25, 0.3) is 0 Å². The van der Waals surface area contributed by atoms with Crippen LogP contribution in [0.15, 0.2) is 0 Å². The summed E-state index contributed by atoms with van der Waals surface area (Å²) in [5.41, 5.74) is 0. The first-order chi connectivity index (χ1) is 9.42. The molecule has 0 aromatic rings. The van der Waals surface area contributed by atoms with E-state index in [1.165, 1.54) is 45.4 Å². The molecule has 0 saturated heterocycles. The Bertz CT molecular complexity index is 253. The molecule has 0 radical (unpaired) electrons. The van der Waals surface area contributed by atoms with Crippen LogP contribution in [0.2, 0.25) is 0 Å². The number of likely N-dealkylation sites (N-methyl/N-ethyl adjacent to an activating group) is 1. The lowest BCUT2D eigenvalue weighted by Gasteiger charge is -2.38. The SMILES string of the molecule is CNC1CCC(C)CC1CN(CCN(C)C)CC(C)C. The smallest absolute Gasteiger partial charge is 0.0109 e. The van der Waals surface area contributed by atoms with Crippen molar-refractivity contribution in [3.8, 4) is 0 Å². The maximum atomic E-state index is 3.56. The summed E-state index contributed by atoms with van der Waals surface area (Å²) in [7, 11) is 6.49. The van der Waals surface area contributed by atoms with Crippen LogP contribution in [-0.4, -0.2) is 63.2 Å². The Morgan fingerprint density at radius 1 is 1.15 bits per heavy atom. The Balaban J connectivity index is 2.55. The van der Waals surface area contributed by atoms with E-state index >= 15 is 0 Å². The molecule has 1 aliphatic carbocycles. The highest BCUT2D eigenvalue weighted by Gasteiger charge is 2.29. The predicted molar refractivity (Wildman–Crippen MR) is 89.2 cm³/mol. The first-order valence-electron chi connectivity index (χ1n) is 8.46. The molecule has 0 aromatic heterocycles. The normalized spacial score (nSPS) is 27.8. The molecule has 20 heavy (non-hydrogen) atoms. The molecule has 0 bridgehead atoms. The van der Waals surface area contributed by atoms with Crippen LogP contribution in [0.4, 0.5) is 0 Å². The Labute approximate surface area is 127 Å². The number of nitrogens with one attached hydrogen (secondary N) is 1. The van der Waals surface area contributed by atoms with E-state index in [9.17, 15) is 0 Å². The van der Waals surface area contributed by atoms with Gasteiger partial charge in [-0.25, -0.2) is 0 Å². The van der Waals surface area contributed by atoms with Crippen molar-refractivity contribution < 1.29 is 0 Å². The van der Waals surface area contributed by atoms with E-state index in [1.807, 2.05) is 0 Å². The number of rotatable bonds is 8. The van der Waals surface area contributed by atoms with Gasteiger partial charge in [0.1, 0.15) is 0 Å². The maximum absolute atomic E-state index is 3.56. The van der Waals surface area contributed by atoms with Gasteiger partial charge in [-0.15, -0.1) is 0 Å². The highest BCUT2D eigenvalue weighted by Crippen LogP contribution is 2.29. The summed E-state index contributed by atoms with van der Waals surface area (Å²) in [5, 5.41) is 3.56. The van der Waals surface area contributed by atoms with E-state index in [0.717, 1.165) is 23.8 Å². The predicted octanol–water partition coefficient (Wildman–Crippen LogP) is 2.53. The van der Waals surface area contributed by atoms with Crippen LogP contribution in [0.5, 0.6) is 0 Å². The van der Waals surface area contributed by atoms with Crippen molar-refractivity contribution >= 4 is 0 Å². The summed E-state index contributed by atoms with van der Waals surface area (Å²) in [6.07, 6.45) is 4.14. The molecule has 0 spiro atoms. The first kappa shape index (κ1) is 17.9. The van der Waals surface area contributed by atoms with Gasteiger partial charge in [-0.3, -0.25) is 0 Å². The largest absolute Gasteiger partial charge is 0.317 e. The van der Waals surface area contributed by atoms with Gasteiger partial charge in [0.25, 0.3) is 0 Å². The van der Waals surface area contributed by atoms with E-state index in [-0.39, 0.29) is 0 Å². The average molecular weight is 284 g/mol. The topological polar surface area (TPSA) is 18.5 Å². The van der Waals surface area contributed by atoms with E-state index < -0.39 is 0 Å². The lowest BCUT2D eigenvalue weighted by atomic mass is 9.78. The molecule has 3 unspecified atom stereocenters. The summed E-state index contributed by atoms with van der Waals surface area (Å²) < 4.78 is 0. The van der Waals surface area contributed by atoms with Crippen LogP contribution in [0, 0.1) is 17.8 Å². The van der Waals surface area contributed by atoms with Crippen molar-refractivity contribution in [2.75, 3.05) is 47.3 Å². The zero-order valence-corrected chi connectivity index (χ0v) is 14.7. The molecular weight excluding hydrogens is 246 g/mol. The molecule has 0 aliphatic heterocycles. The summed E-state index contributed by atoms with van der Waals surface area (Å²) in [6.45, 7) is 12.0. The fourth-order valence-electron chi connectivity index (χ4n) is 3.53. The quantitative estimate of drug-likeness (QED) is 0.738. The molecule has 3 heteroatoms. The number of hydrogen-bond acceptors (Lipinski definition) is 3. The minimum Gasteiger partial charge on any atom is -0.317 e. The number of hydrogen-bond donors (Lipinski definition) is 1. The third-order valence-electron chi connectivity index (χ3n) is 4.59. The van der Waals surface area contributed by atoms with E-state index in [4.69, 9.17) is 0 Å². The highest BCUT2D eigenvalue weighted by molar-refractivity contribution is 4.85. The van der Waals surface area contributed by atoms with Gasteiger partial charge in [0.05, 0.1) is 0 Å². The standard InChI is InChI=1S/C17H37N3/c1-14(2)12-20(10-9-19(5)6)13-16-11-15(3)7-8-17(16)18-4/h14-18H,7-13H2,1-6H3. The molecule has 1 N–H and O–H groups in total. The third kappa shape index (κ3) is 6.55. The van der Waals surface area contributed by atoms with Crippen molar-refractivity contribution in [2.24, 2.45) is 17.8 Å². The van der Waals surface area contributed by atoms with Gasteiger partial charge in [-0.05, 0) is 58.2 Å². The van der Waals surface area contributed by atoms with E-state index in [0.29, 0.717) is 0 Å². The van der Waals surface area contributed by atoms with Gasteiger partial charge >= 0.3 is 0 Å². The van der Waals surface area contributed by atoms with Gasteiger partial charge in [0.2, 0.25) is 0 Å². The second kappa shape index (κ2) is 9.01.